The highest BCUT2D eigenvalue weighted by atomic mass is 35.5. The fraction of sp³-hybridized carbons (Fsp3) is 0.0500. The van der Waals surface area contributed by atoms with Gasteiger partial charge in [-0.3, -0.25) is 4.79 Å². The van der Waals surface area contributed by atoms with Gasteiger partial charge in [0.25, 0.3) is 5.91 Å². The van der Waals surface area contributed by atoms with Crippen molar-refractivity contribution in [3.05, 3.63) is 93.7 Å². The Labute approximate surface area is 160 Å². The molecule has 0 aliphatic heterocycles. The van der Waals surface area contributed by atoms with Crippen molar-refractivity contribution in [1.29, 1.82) is 0 Å². The summed E-state index contributed by atoms with van der Waals surface area (Å²) >= 11 is 11.7. The molecule has 1 amide bonds. The Morgan fingerprint density at radius 2 is 1.65 bits per heavy atom. The molecule has 3 aromatic rings. The van der Waals surface area contributed by atoms with E-state index >= 15 is 0 Å². The van der Waals surface area contributed by atoms with Crippen molar-refractivity contribution in [2.45, 2.75) is 6.61 Å². The molecule has 1 N–H and O–H groups in total. The molecule has 0 atom stereocenters. The summed E-state index contributed by atoms with van der Waals surface area (Å²) in [5, 5.41) is 3.34. The lowest BCUT2D eigenvalue weighted by Gasteiger charge is -2.10. The minimum atomic E-state index is -0.669. The van der Waals surface area contributed by atoms with Gasteiger partial charge in [-0.25, -0.2) is 4.39 Å². The van der Waals surface area contributed by atoms with Gasteiger partial charge in [0.15, 0.2) is 0 Å². The van der Waals surface area contributed by atoms with E-state index in [2.05, 4.69) is 5.32 Å². The average molecular weight is 390 g/mol. The van der Waals surface area contributed by atoms with Crippen LogP contribution >= 0.6 is 23.2 Å². The number of amides is 1. The van der Waals surface area contributed by atoms with E-state index in [-0.39, 0.29) is 10.6 Å². The highest BCUT2D eigenvalue weighted by Crippen LogP contribution is 2.22. The van der Waals surface area contributed by atoms with Crippen molar-refractivity contribution in [1.82, 2.24) is 0 Å². The van der Waals surface area contributed by atoms with E-state index in [4.69, 9.17) is 27.9 Å². The van der Waals surface area contributed by atoms with Crippen LogP contribution < -0.4 is 10.1 Å². The molecule has 0 bridgehead atoms. The summed E-state index contributed by atoms with van der Waals surface area (Å²) in [5.41, 5.74) is 1.31. The third kappa shape index (κ3) is 4.54. The zero-order valence-corrected chi connectivity index (χ0v) is 15.0. The number of ether oxygens (including phenoxy) is 1. The molecule has 0 fully saturated rings. The molecule has 0 aromatic heterocycles. The van der Waals surface area contributed by atoms with E-state index in [9.17, 15) is 9.18 Å². The number of rotatable bonds is 5. The summed E-state index contributed by atoms with van der Waals surface area (Å²) in [6.45, 7) is 0.397. The fourth-order valence-corrected chi connectivity index (χ4v) is 2.66. The first kappa shape index (κ1) is 18.2. The van der Waals surface area contributed by atoms with Gasteiger partial charge in [-0.05, 0) is 54.1 Å². The van der Waals surface area contributed by atoms with Gasteiger partial charge >= 0.3 is 0 Å². The summed E-state index contributed by atoms with van der Waals surface area (Å²) in [6.07, 6.45) is 0. The number of anilines is 1. The minimum Gasteiger partial charge on any atom is -0.489 e. The van der Waals surface area contributed by atoms with Crippen LogP contribution in [-0.4, -0.2) is 5.91 Å². The maximum Gasteiger partial charge on any atom is 0.260 e. The number of carbonyl (C=O) groups is 1. The lowest BCUT2D eigenvalue weighted by atomic mass is 10.2. The van der Waals surface area contributed by atoms with Crippen LogP contribution in [0.3, 0.4) is 0 Å². The molecule has 6 heteroatoms. The third-order valence-electron chi connectivity index (χ3n) is 3.62. The van der Waals surface area contributed by atoms with E-state index in [1.165, 1.54) is 18.2 Å². The van der Waals surface area contributed by atoms with Gasteiger partial charge in [0.1, 0.15) is 18.2 Å². The molecule has 3 rings (SSSR count). The van der Waals surface area contributed by atoms with Crippen molar-refractivity contribution < 1.29 is 13.9 Å². The molecule has 0 saturated carbocycles. The van der Waals surface area contributed by atoms with Crippen LogP contribution in [0.5, 0.6) is 5.75 Å². The topological polar surface area (TPSA) is 38.3 Å². The maximum atomic E-state index is 13.8. The monoisotopic (exact) mass is 389 g/mol. The third-order valence-corrected chi connectivity index (χ3v) is 4.19. The standard InChI is InChI=1S/C20H14Cl2FNO2/c21-14-6-4-13(5-7-14)12-26-16-10-8-15(9-11-16)24-20(25)19-17(22)2-1-3-18(19)23/h1-11H,12H2,(H,24,25). The van der Waals surface area contributed by atoms with Crippen LogP contribution in [0, 0.1) is 5.82 Å². The molecule has 132 valence electrons. The smallest absolute Gasteiger partial charge is 0.260 e. The van der Waals surface area contributed by atoms with Gasteiger partial charge in [-0.1, -0.05) is 41.4 Å². The van der Waals surface area contributed by atoms with Crippen molar-refractivity contribution in [3.63, 3.8) is 0 Å². The number of carbonyl (C=O) groups excluding carboxylic acids is 1. The molecule has 26 heavy (non-hydrogen) atoms. The summed E-state index contributed by atoms with van der Waals surface area (Å²) < 4.78 is 19.5. The summed E-state index contributed by atoms with van der Waals surface area (Å²) in [5.74, 6) is -0.636. The summed E-state index contributed by atoms with van der Waals surface area (Å²) in [7, 11) is 0. The Hall–Kier alpha value is -2.56. The first-order chi connectivity index (χ1) is 12.5. The van der Waals surface area contributed by atoms with E-state index < -0.39 is 11.7 Å². The molecule has 0 spiro atoms. The van der Waals surface area contributed by atoms with E-state index in [0.29, 0.717) is 23.1 Å². The lowest BCUT2D eigenvalue weighted by Crippen LogP contribution is -2.14. The SMILES string of the molecule is O=C(Nc1ccc(OCc2ccc(Cl)cc2)cc1)c1c(F)cccc1Cl. The molecular formula is C20H14Cl2FNO2. The molecule has 0 radical (unpaired) electrons. The molecule has 0 saturated heterocycles. The van der Waals surface area contributed by atoms with Gasteiger partial charge < -0.3 is 10.1 Å². The predicted octanol–water partition coefficient (Wildman–Crippen LogP) is 5.96. The van der Waals surface area contributed by atoms with Gasteiger partial charge in [-0.15, -0.1) is 0 Å². The average Bonchev–Trinajstić information content (AvgIpc) is 2.62. The summed E-state index contributed by atoms with van der Waals surface area (Å²) in [6, 6.07) is 18.2. The second-order valence-electron chi connectivity index (χ2n) is 5.49. The Morgan fingerprint density at radius 1 is 0.962 bits per heavy atom. The van der Waals surface area contributed by atoms with Crippen molar-refractivity contribution >= 4 is 34.8 Å². The molecule has 0 aliphatic carbocycles. The molecular weight excluding hydrogens is 376 g/mol. The Bertz CT molecular complexity index is 892. The molecule has 0 aliphatic rings. The van der Waals surface area contributed by atoms with Gasteiger partial charge in [0, 0.05) is 10.7 Å². The van der Waals surface area contributed by atoms with E-state index in [1.54, 1.807) is 36.4 Å². The predicted molar refractivity (Wildman–Crippen MR) is 102 cm³/mol. The van der Waals surface area contributed by atoms with Crippen molar-refractivity contribution in [2.24, 2.45) is 0 Å². The van der Waals surface area contributed by atoms with Crippen molar-refractivity contribution in [3.8, 4) is 5.75 Å². The number of hydrogen-bond donors (Lipinski definition) is 1. The van der Waals surface area contributed by atoms with Crippen LogP contribution in [0.25, 0.3) is 0 Å². The van der Waals surface area contributed by atoms with Crippen LogP contribution in [0.15, 0.2) is 66.7 Å². The lowest BCUT2D eigenvalue weighted by molar-refractivity contribution is 0.102. The fourth-order valence-electron chi connectivity index (χ4n) is 2.29. The minimum absolute atomic E-state index is 0.0606. The van der Waals surface area contributed by atoms with E-state index in [0.717, 1.165) is 5.56 Å². The Kier molecular flexibility index (Phi) is 5.76. The Balaban J connectivity index is 1.62. The maximum absolute atomic E-state index is 13.8. The quantitative estimate of drug-likeness (QED) is 0.584. The van der Waals surface area contributed by atoms with Gasteiger partial charge in [0.2, 0.25) is 0 Å². The molecule has 0 heterocycles. The number of benzene rings is 3. The van der Waals surface area contributed by atoms with Gasteiger partial charge in [0.05, 0.1) is 10.6 Å². The second kappa shape index (κ2) is 8.21. The number of hydrogen-bond acceptors (Lipinski definition) is 2. The summed E-state index contributed by atoms with van der Waals surface area (Å²) in [4.78, 5) is 12.2. The first-order valence-corrected chi connectivity index (χ1v) is 8.51. The van der Waals surface area contributed by atoms with Crippen molar-refractivity contribution in [2.75, 3.05) is 5.32 Å². The van der Waals surface area contributed by atoms with Crippen LogP contribution in [-0.2, 0) is 6.61 Å². The highest BCUT2D eigenvalue weighted by Gasteiger charge is 2.15. The van der Waals surface area contributed by atoms with E-state index in [1.807, 2.05) is 12.1 Å². The first-order valence-electron chi connectivity index (χ1n) is 7.75. The van der Waals surface area contributed by atoms with Crippen LogP contribution in [0.2, 0.25) is 10.0 Å². The molecule has 3 nitrogen and oxygen atoms in total. The zero-order valence-electron chi connectivity index (χ0n) is 13.5. The largest absolute Gasteiger partial charge is 0.489 e. The number of halogens is 3. The van der Waals surface area contributed by atoms with Crippen LogP contribution in [0.1, 0.15) is 15.9 Å². The second-order valence-corrected chi connectivity index (χ2v) is 6.33. The normalized spacial score (nSPS) is 10.4. The van der Waals surface area contributed by atoms with Crippen LogP contribution in [0.4, 0.5) is 10.1 Å². The molecule has 0 unspecified atom stereocenters. The molecule has 3 aromatic carbocycles. The highest BCUT2D eigenvalue weighted by molar-refractivity contribution is 6.34. The Morgan fingerprint density at radius 3 is 2.31 bits per heavy atom. The zero-order chi connectivity index (χ0) is 18.5. The van der Waals surface area contributed by atoms with Gasteiger partial charge in [-0.2, -0.15) is 0 Å². The number of nitrogens with one attached hydrogen (secondary N) is 1.